The molecular formula is C31H29FN6O3. The molecule has 3 N–H and O–H groups in total. The van der Waals surface area contributed by atoms with E-state index in [1.807, 2.05) is 22.8 Å². The number of ether oxygens (including phenoxy) is 1. The van der Waals surface area contributed by atoms with Gasteiger partial charge in [-0.3, -0.25) is 9.69 Å². The first-order valence-corrected chi connectivity index (χ1v) is 13.4. The van der Waals surface area contributed by atoms with Crippen LogP contribution >= 0.6 is 0 Å². The van der Waals surface area contributed by atoms with Gasteiger partial charge in [0.05, 0.1) is 24.0 Å². The largest absolute Gasteiger partial charge is 0.496 e. The van der Waals surface area contributed by atoms with Crippen LogP contribution in [0.3, 0.4) is 0 Å². The Morgan fingerprint density at radius 2 is 1.98 bits per heavy atom. The highest BCUT2D eigenvalue weighted by Crippen LogP contribution is 2.45. The van der Waals surface area contributed by atoms with E-state index in [1.54, 1.807) is 43.3 Å². The standard InChI is InChI=1S/C31H29FN6O3/c1-31(30(34)40)11-4-13-38(31)29(39)28-36-26(18-6-8-20(32)9-7-18)27-22-16-23(21-5-3-12-35-24(21)17-33)25(41-2)15-19(22)10-14-37(27)28/h3,5-9,12,15-16,29,39H,4,10-11,13-14H2,1-2H3,(H2,34,40)/t29?,31-/m1/s1. The lowest BCUT2D eigenvalue weighted by Gasteiger charge is -2.36. The Bertz CT molecular complexity index is 1710. The second kappa shape index (κ2) is 10.1. The smallest absolute Gasteiger partial charge is 0.237 e. The number of aliphatic hydroxyl groups is 1. The summed E-state index contributed by atoms with van der Waals surface area (Å²) in [5.74, 6) is 0.129. The predicted molar refractivity (Wildman–Crippen MR) is 150 cm³/mol. The van der Waals surface area contributed by atoms with Crippen LogP contribution in [0.25, 0.3) is 33.6 Å². The summed E-state index contributed by atoms with van der Waals surface area (Å²) in [4.78, 5) is 23.3. The molecule has 10 heteroatoms. The minimum Gasteiger partial charge on any atom is -0.496 e. The van der Waals surface area contributed by atoms with E-state index in [0.29, 0.717) is 66.3 Å². The van der Waals surface area contributed by atoms with E-state index < -0.39 is 17.7 Å². The van der Waals surface area contributed by atoms with Crippen molar-refractivity contribution in [2.24, 2.45) is 5.73 Å². The van der Waals surface area contributed by atoms with E-state index in [0.717, 1.165) is 16.8 Å². The second-order valence-electron chi connectivity index (χ2n) is 10.6. The Morgan fingerprint density at radius 3 is 2.68 bits per heavy atom. The molecule has 208 valence electrons. The van der Waals surface area contributed by atoms with Gasteiger partial charge >= 0.3 is 0 Å². The quantitative estimate of drug-likeness (QED) is 0.367. The molecule has 1 unspecified atom stereocenters. The summed E-state index contributed by atoms with van der Waals surface area (Å²) >= 11 is 0. The number of methoxy groups -OCH3 is 1. The maximum Gasteiger partial charge on any atom is 0.237 e. The number of rotatable bonds is 6. The van der Waals surface area contributed by atoms with Gasteiger partial charge in [-0.05, 0) is 80.3 Å². The lowest BCUT2D eigenvalue weighted by molar-refractivity contribution is -0.135. The summed E-state index contributed by atoms with van der Waals surface area (Å²) in [7, 11) is 1.59. The highest BCUT2D eigenvalue weighted by molar-refractivity contribution is 5.87. The maximum atomic E-state index is 13.9. The van der Waals surface area contributed by atoms with Crippen LogP contribution in [-0.4, -0.2) is 49.6 Å². The molecular weight excluding hydrogens is 523 g/mol. The van der Waals surface area contributed by atoms with Crippen molar-refractivity contribution in [3.63, 3.8) is 0 Å². The number of nitriles is 1. The fourth-order valence-corrected chi connectivity index (χ4v) is 6.13. The Kier molecular flexibility index (Phi) is 6.56. The lowest BCUT2D eigenvalue weighted by Crippen LogP contribution is -2.53. The van der Waals surface area contributed by atoms with Crippen molar-refractivity contribution >= 4 is 5.91 Å². The van der Waals surface area contributed by atoms with Crippen LogP contribution in [0.15, 0.2) is 54.7 Å². The van der Waals surface area contributed by atoms with Gasteiger partial charge in [0, 0.05) is 41.5 Å². The molecule has 2 aliphatic rings. The first-order valence-electron chi connectivity index (χ1n) is 13.4. The topological polar surface area (TPSA) is 130 Å². The van der Waals surface area contributed by atoms with Crippen molar-refractivity contribution in [2.45, 2.75) is 44.5 Å². The summed E-state index contributed by atoms with van der Waals surface area (Å²) in [6.07, 6.45) is 2.26. The number of amides is 1. The molecule has 41 heavy (non-hydrogen) atoms. The number of halogens is 1. The minimum absolute atomic E-state index is 0.268. The van der Waals surface area contributed by atoms with Gasteiger partial charge in [-0.1, -0.05) is 0 Å². The molecule has 0 saturated carbocycles. The van der Waals surface area contributed by atoms with Crippen LogP contribution in [0.5, 0.6) is 5.75 Å². The summed E-state index contributed by atoms with van der Waals surface area (Å²) in [6, 6.07) is 15.7. The zero-order valence-electron chi connectivity index (χ0n) is 22.8. The van der Waals surface area contributed by atoms with Gasteiger partial charge in [-0.15, -0.1) is 0 Å². The maximum absolute atomic E-state index is 13.9. The van der Waals surface area contributed by atoms with Crippen molar-refractivity contribution in [1.29, 1.82) is 5.26 Å². The Labute approximate surface area is 236 Å². The monoisotopic (exact) mass is 552 g/mol. The van der Waals surface area contributed by atoms with Crippen LogP contribution in [-0.2, 0) is 17.8 Å². The number of nitrogens with zero attached hydrogens (tertiary/aromatic N) is 5. The van der Waals surface area contributed by atoms with Gasteiger partial charge < -0.3 is 20.1 Å². The van der Waals surface area contributed by atoms with Gasteiger partial charge in [0.2, 0.25) is 5.91 Å². The number of nitrogens with two attached hydrogens (primary N) is 1. The van der Waals surface area contributed by atoms with Crippen LogP contribution in [0.2, 0.25) is 0 Å². The molecule has 6 rings (SSSR count). The molecule has 9 nitrogen and oxygen atoms in total. The van der Waals surface area contributed by atoms with E-state index >= 15 is 0 Å². The Hall–Kier alpha value is -4.59. The molecule has 1 fully saturated rings. The number of likely N-dealkylation sites (tertiary alicyclic amines) is 1. The van der Waals surface area contributed by atoms with E-state index in [4.69, 9.17) is 15.5 Å². The number of hydrogen-bond acceptors (Lipinski definition) is 7. The fraction of sp³-hybridized carbons (Fsp3) is 0.290. The number of imidazole rings is 1. The molecule has 0 bridgehead atoms. The SMILES string of the molecule is COc1cc2c(cc1-c1cccnc1C#N)-c1c(-c3ccc(F)cc3)nc(C(O)N3CCC[C@]3(C)C(N)=O)n1CC2. The average molecular weight is 553 g/mol. The minimum atomic E-state index is -1.19. The highest BCUT2D eigenvalue weighted by Gasteiger charge is 2.46. The van der Waals surface area contributed by atoms with Gasteiger partial charge in [0.1, 0.15) is 23.3 Å². The number of carbonyl (C=O) groups is 1. The number of benzene rings is 2. The van der Waals surface area contributed by atoms with Crippen molar-refractivity contribution in [2.75, 3.05) is 13.7 Å². The van der Waals surface area contributed by atoms with Gasteiger partial charge in [0.25, 0.3) is 0 Å². The van der Waals surface area contributed by atoms with Crippen molar-refractivity contribution < 1.29 is 19.0 Å². The Morgan fingerprint density at radius 1 is 1.20 bits per heavy atom. The number of aromatic nitrogens is 3. The van der Waals surface area contributed by atoms with Crippen molar-refractivity contribution in [3.8, 4) is 45.5 Å². The molecule has 0 aliphatic carbocycles. The Balaban J connectivity index is 1.59. The number of aryl methyl sites for hydroxylation is 1. The molecule has 4 heterocycles. The zero-order chi connectivity index (χ0) is 28.9. The summed E-state index contributed by atoms with van der Waals surface area (Å²) in [5, 5.41) is 21.4. The van der Waals surface area contributed by atoms with Gasteiger partial charge in [-0.25, -0.2) is 14.4 Å². The molecule has 1 amide bonds. The van der Waals surface area contributed by atoms with Crippen LogP contribution in [0.4, 0.5) is 4.39 Å². The molecule has 0 spiro atoms. The fourth-order valence-electron chi connectivity index (χ4n) is 6.13. The number of pyridine rings is 1. The summed E-state index contributed by atoms with van der Waals surface area (Å²) in [5.41, 5.74) is 10.2. The van der Waals surface area contributed by atoms with Crippen LogP contribution in [0, 0.1) is 17.1 Å². The first kappa shape index (κ1) is 26.6. The molecule has 4 aromatic rings. The normalized spacial score (nSPS) is 18.8. The van der Waals surface area contributed by atoms with Crippen molar-refractivity contribution in [3.05, 3.63) is 77.6 Å². The van der Waals surface area contributed by atoms with E-state index in [9.17, 15) is 19.6 Å². The average Bonchev–Trinajstić information content (AvgIpc) is 3.58. The molecule has 0 radical (unpaired) electrons. The number of hydrogen-bond donors (Lipinski definition) is 2. The van der Waals surface area contributed by atoms with E-state index in [1.165, 1.54) is 12.1 Å². The molecule has 2 aliphatic heterocycles. The molecule has 2 atom stereocenters. The zero-order valence-corrected chi connectivity index (χ0v) is 22.8. The molecule has 2 aromatic carbocycles. The lowest BCUT2D eigenvalue weighted by atomic mass is 9.90. The summed E-state index contributed by atoms with van der Waals surface area (Å²) < 4.78 is 21.6. The first-order chi connectivity index (χ1) is 19.8. The second-order valence-corrected chi connectivity index (χ2v) is 10.6. The third-order valence-corrected chi connectivity index (χ3v) is 8.36. The third-order valence-electron chi connectivity index (χ3n) is 8.36. The van der Waals surface area contributed by atoms with E-state index in [-0.39, 0.29) is 11.5 Å². The number of carbonyl (C=O) groups excluding carboxylic acids is 1. The highest BCUT2D eigenvalue weighted by atomic mass is 19.1. The van der Waals surface area contributed by atoms with Crippen LogP contribution in [0.1, 0.15) is 43.1 Å². The van der Waals surface area contributed by atoms with Gasteiger partial charge in [0.15, 0.2) is 12.1 Å². The van der Waals surface area contributed by atoms with E-state index in [2.05, 4.69) is 11.1 Å². The third kappa shape index (κ3) is 4.25. The summed E-state index contributed by atoms with van der Waals surface area (Å²) in [6.45, 7) is 2.76. The number of primary amides is 1. The van der Waals surface area contributed by atoms with Crippen molar-refractivity contribution in [1.82, 2.24) is 19.4 Å². The van der Waals surface area contributed by atoms with Crippen LogP contribution < -0.4 is 10.5 Å². The number of fused-ring (bicyclic) bond motifs is 3. The predicted octanol–water partition coefficient (Wildman–Crippen LogP) is 4.19. The number of aliphatic hydroxyl groups excluding tert-OH is 1. The van der Waals surface area contributed by atoms with Gasteiger partial charge in [-0.2, -0.15) is 5.26 Å². The molecule has 1 saturated heterocycles. The molecule has 2 aromatic heterocycles.